The van der Waals surface area contributed by atoms with Crippen molar-refractivity contribution in [2.45, 2.75) is 26.4 Å². The summed E-state index contributed by atoms with van der Waals surface area (Å²) in [6, 6.07) is 11.6. The molecule has 0 unspecified atom stereocenters. The number of ether oxygens (including phenoxy) is 3. The molecular weight excluding hydrogens is 476 g/mol. The molecule has 1 atom stereocenters. The third kappa shape index (κ3) is 5.27. The standard InChI is InChI=1S/C27H28N4O4S/c1-17-11-20(27(32)31-8-4-9-31)15-29-25(17)35-22-13-19(12-21(14-22)34-18(2)16-33-3)23-5-6-24(30-23)26-28-7-10-36-26/h5-7,10-15,18,30H,4,8-9,16H2,1-3H3/t18-/m0/s1. The lowest BCUT2D eigenvalue weighted by Crippen LogP contribution is -2.42. The van der Waals surface area contributed by atoms with Gasteiger partial charge in [-0.05, 0) is 50.6 Å². The highest BCUT2D eigenvalue weighted by atomic mass is 32.1. The Morgan fingerprint density at radius 3 is 2.64 bits per heavy atom. The Bertz CT molecular complexity index is 1350. The minimum atomic E-state index is -0.140. The Hall–Kier alpha value is -3.69. The third-order valence-electron chi connectivity index (χ3n) is 5.91. The number of aryl methyl sites for hydroxylation is 1. The molecule has 5 rings (SSSR count). The van der Waals surface area contributed by atoms with Crippen LogP contribution >= 0.6 is 11.3 Å². The molecule has 0 radical (unpaired) electrons. The van der Waals surface area contributed by atoms with Gasteiger partial charge in [-0.2, -0.15) is 0 Å². The van der Waals surface area contributed by atoms with Crippen molar-refractivity contribution in [1.29, 1.82) is 0 Å². The number of hydrogen-bond acceptors (Lipinski definition) is 7. The van der Waals surface area contributed by atoms with E-state index in [-0.39, 0.29) is 12.0 Å². The Kier molecular flexibility index (Phi) is 7.02. The van der Waals surface area contributed by atoms with Gasteiger partial charge in [-0.1, -0.05) is 0 Å². The largest absolute Gasteiger partial charge is 0.488 e. The summed E-state index contributed by atoms with van der Waals surface area (Å²) < 4.78 is 17.5. The number of amides is 1. The number of hydrogen-bond donors (Lipinski definition) is 1. The molecule has 9 heteroatoms. The molecular formula is C27H28N4O4S. The molecule has 8 nitrogen and oxygen atoms in total. The van der Waals surface area contributed by atoms with Crippen molar-refractivity contribution in [1.82, 2.24) is 19.9 Å². The second-order valence-corrected chi connectivity index (χ2v) is 9.69. The number of H-pyrrole nitrogens is 1. The number of rotatable bonds is 9. The molecule has 1 N–H and O–H groups in total. The van der Waals surface area contributed by atoms with Crippen molar-refractivity contribution in [3.63, 3.8) is 0 Å². The van der Waals surface area contributed by atoms with Crippen molar-refractivity contribution in [2.24, 2.45) is 0 Å². The van der Waals surface area contributed by atoms with Crippen LogP contribution in [0.3, 0.4) is 0 Å². The number of benzene rings is 1. The summed E-state index contributed by atoms with van der Waals surface area (Å²) in [5, 5.41) is 2.87. The van der Waals surface area contributed by atoms with Gasteiger partial charge in [0.1, 0.15) is 22.6 Å². The highest BCUT2D eigenvalue weighted by Gasteiger charge is 2.22. The molecule has 4 aromatic rings. The number of nitrogens with zero attached hydrogens (tertiary/aromatic N) is 3. The van der Waals surface area contributed by atoms with Crippen LogP contribution in [0.15, 0.2) is 54.2 Å². The number of aromatic nitrogens is 3. The molecule has 186 valence electrons. The fourth-order valence-corrected chi connectivity index (χ4v) is 4.62. The number of methoxy groups -OCH3 is 1. The van der Waals surface area contributed by atoms with Crippen molar-refractivity contribution in [3.05, 3.63) is 65.3 Å². The van der Waals surface area contributed by atoms with Crippen LogP contribution in [0.5, 0.6) is 17.4 Å². The number of likely N-dealkylation sites (tertiary alicyclic amines) is 1. The summed E-state index contributed by atoms with van der Waals surface area (Å²) in [6.45, 7) is 5.91. The predicted molar refractivity (Wildman–Crippen MR) is 139 cm³/mol. The average molecular weight is 505 g/mol. The van der Waals surface area contributed by atoms with Crippen molar-refractivity contribution >= 4 is 17.2 Å². The molecule has 3 aromatic heterocycles. The average Bonchev–Trinajstić information content (AvgIpc) is 3.51. The maximum Gasteiger partial charge on any atom is 0.255 e. The summed E-state index contributed by atoms with van der Waals surface area (Å²) in [4.78, 5) is 26.6. The first-order valence-electron chi connectivity index (χ1n) is 11.8. The topological polar surface area (TPSA) is 89.6 Å². The minimum Gasteiger partial charge on any atom is -0.488 e. The van der Waals surface area contributed by atoms with E-state index in [0.29, 0.717) is 29.5 Å². The number of carbonyl (C=O) groups excluding carboxylic acids is 1. The molecule has 1 amide bonds. The van der Waals surface area contributed by atoms with Crippen molar-refractivity contribution in [2.75, 3.05) is 26.8 Å². The summed E-state index contributed by atoms with van der Waals surface area (Å²) in [7, 11) is 1.65. The van der Waals surface area contributed by atoms with Gasteiger partial charge < -0.3 is 24.1 Å². The van der Waals surface area contributed by atoms with Crippen LogP contribution in [0.25, 0.3) is 22.0 Å². The fraction of sp³-hybridized carbons (Fsp3) is 0.296. The summed E-state index contributed by atoms with van der Waals surface area (Å²) in [5.74, 6) is 1.68. The summed E-state index contributed by atoms with van der Waals surface area (Å²) >= 11 is 1.58. The van der Waals surface area contributed by atoms with Gasteiger partial charge in [-0.3, -0.25) is 4.79 Å². The molecule has 1 fully saturated rings. The number of nitrogens with one attached hydrogen (secondary N) is 1. The van der Waals surface area contributed by atoms with E-state index in [4.69, 9.17) is 14.2 Å². The van der Waals surface area contributed by atoms with Gasteiger partial charge in [0.25, 0.3) is 5.91 Å². The van der Waals surface area contributed by atoms with Crippen LogP contribution in [0.1, 0.15) is 29.3 Å². The molecule has 0 bridgehead atoms. The Morgan fingerprint density at radius 2 is 1.94 bits per heavy atom. The SMILES string of the molecule is COC[C@H](C)Oc1cc(Oc2ncc(C(=O)N3CCC3)cc2C)cc(-c2ccc(-c3nccs3)[nH]2)c1. The van der Waals surface area contributed by atoms with Crippen LogP contribution < -0.4 is 9.47 Å². The van der Waals surface area contributed by atoms with E-state index in [0.717, 1.165) is 47.0 Å². The Labute approximate surface area is 213 Å². The number of aromatic amines is 1. The summed E-state index contributed by atoms with van der Waals surface area (Å²) in [5.41, 5.74) is 4.12. The quantitative estimate of drug-likeness (QED) is 0.321. The molecule has 1 saturated heterocycles. The van der Waals surface area contributed by atoms with E-state index in [1.807, 2.05) is 60.5 Å². The Morgan fingerprint density at radius 1 is 1.14 bits per heavy atom. The van der Waals surface area contributed by atoms with E-state index >= 15 is 0 Å². The van der Waals surface area contributed by atoms with E-state index in [2.05, 4.69) is 15.0 Å². The zero-order valence-electron chi connectivity index (χ0n) is 20.5. The van der Waals surface area contributed by atoms with E-state index in [1.54, 1.807) is 30.8 Å². The Balaban J connectivity index is 1.43. The minimum absolute atomic E-state index is 0.0102. The number of thiazole rings is 1. The predicted octanol–water partition coefficient (Wildman–Crippen LogP) is 5.56. The molecule has 1 aliphatic heterocycles. The first-order chi connectivity index (χ1) is 17.5. The van der Waals surface area contributed by atoms with Gasteiger partial charge in [0.05, 0.1) is 17.9 Å². The van der Waals surface area contributed by atoms with E-state index in [9.17, 15) is 4.79 Å². The zero-order valence-corrected chi connectivity index (χ0v) is 21.3. The smallest absolute Gasteiger partial charge is 0.255 e. The molecule has 0 aliphatic carbocycles. The first kappa shape index (κ1) is 24.0. The highest BCUT2D eigenvalue weighted by Crippen LogP contribution is 2.34. The zero-order chi connectivity index (χ0) is 25.1. The van der Waals surface area contributed by atoms with Gasteiger partial charge in [-0.15, -0.1) is 11.3 Å². The van der Waals surface area contributed by atoms with Gasteiger partial charge in [-0.25, -0.2) is 9.97 Å². The molecule has 1 aliphatic rings. The van der Waals surface area contributed by atoms with Gasteiger partial charge in [0.15, 0.2) is 0 Å². The molecule has 36 heavy (non-hydrogen) atoms. The third-order valence-corrected chi connectivity index (χ3v) is 6.72. The lowest BCUT2D eigenvalue weighted by Gasteiger charge is -2.30. The number of pyridine rings is 1. The van der Waals surface area contributed by atoms with Gasteiger partial charge >= 0.3 is 0 Å². The molecule has 1 aromatic carbocycles. The van der Waals surface area contributed by atoms with E-state index in [1.165, 1.54) is 0 Å². The second kappa shape index (κ2) is 10.5. The van der Waals surface area contributed by atoms with Crippen LogP contribution in [0.2, 0.25) is 0 Å². The first-order valence-corrected chi connectivity index (χ1v) is 12.7. The van der Waals surface area contributed by atoms with Gasteiger partial charge in [0.2, 0.25) is 5.88 Å². The molecule has 4 heterocycles. The maximum atomic E-state index is 12.5. The lowest BCUT2D eigenvalue weighted by atomic mass is 10.1. The van der Waals surface area contributed by atoms with Crippen LogP contribution in [-0.2, 0) is 4.74 Å². The maximum absolute atomic E-state index is 12.5. The summed E-state index contributed by atoms with van der Waals surface area (Å²) in [6.07, 6.45) is 4.28. The monoisotopic (exact) mass is 504 g/mol. The molecule has 0 saturated carbocycles. The van der Waals surface area contributed by atoms with Crippen molar-refractivity contribution < 1.29 is 19.0 Å². The van der Waals surface area contributed by atoms with Crippen molar-refractivity contribution in [3.8, 4) is 39.3 Å². The normalized spacial score (nSPS) is 13.8. The fourth-order valence-electron chi connectivity index (χ4n) is 4.00. The van der Waals surface area contributed by atoms with Crippen LogP contribution in [0, 0.1) is 6.92 Å². The van der Waals surface area contributed by atoms with Gasteiger partial charge in [0, 0.05) is 60.9 Å². The second-order valence-electron chi connectivity index (χ2n) is 8.79. The van der Waals surface area contributed by atoms with Crippen LogP contribution in [-0.4, -0.2) is 58.7 Å². The van der Waals surface area contributed by atoms with E-state index < -0.39 is 0 Å². The lowest BCUT2D eigenvalue weighted by molar-refractivity contribution is 0.0651. The van der Waals surface area contributed by atoms with Crippen LogP contribution in [0.4, 0.5) is 0 Å². The molecule has 0 spiro atoms. The number of carbonyl (C=O) groups is 1. The highest BCUT2D eigenvalue weighted by molar-refractivity contribution is 7.13.